The summed E-state index contributed by atoms with van der Waals surface area (Å²) in [6, 6.07) is 18.6. The Bertz CT molecular complexity index is 1080. The number of amides is 1. The van der Waals surface area contributed by atoms with Gasteiger partial charge in [-0.3, -0.25) is 4.79 Å². The summed E-state index contributed by atoms with van der Waals surface area (Å²) in [5, 5.41) is 26.6. The smallest absolute Gasteiger partial charge is 0.224 e. The number of β-amino-alcohol motifs (C(OH)–C–C–N with tert-alkyl or cyclic N) is 1. The number of rotatable bonds is 11. The van der Waals surface area contributed by atoms with E-state index in [1.54, 1.807) is 30.5 Å². The lowest BCUT2D eigenvalue weighted by Gasteiger charge is -2.28. The number of anilines is 1. The first kappa shape index (κ1) is 25.2. The van der Waals surface area contributed by atoms with E-state index in [4.69, 9.17) is 5.73 Å². The minimum atomic E-state index is -0.680. The zero-order valence-corrected chi connectivity index (χ0v) is 19.8. The number of benzene rings is 2. The molecule has 1 atom stereocenters. The van der Waals surface area contributed by atoms with Gasteiger partial charge in [0.25, 0.3) is 0 Å². The molecule has 3 rings (SSSR count). The van der Waals surface area contributed by atoms with Crippen molar-refractivity contribution in [1.29, 1.82) is 0 Å². The zero-order chi connectivity index (χ0) is 24.6. The average molecular weight is 463 g/mol. The van der Waals surface area contributed by atoms with Crippen LogP contribution in [-0.4, -0.2) is 39.7 Å². The van der Waals surface area contributed by atoms with Crippen LogP contribution < -0.4 is 16.4 Å². The maximum absolute atomic E-state index is 12.4. The van der Waals surface area contributed by atoms with Crippen molar-refractivity contribution in [3.63, 3.8) is 0 Å². The van der Waals surface area contributed by atoms with E-state index in [0.717, 1.165) is 23.1 Å². The number of nitrogens with two attached hydrogens (primary N) is 1. The molecule has 1 aromatic heterocycles. The molecular weight excluding hydrogens is 428 g/mol. The first-order valence-corrected chi connectivity index (χ1v) is 11.5. The second-order valence-corrected chi connectivity index (χ2v) is 9.20. The van der Waals surface area contributed by atoms with Crippen molar-refractivity contribution in [2.24, 2.45) is 0 Å². The molecule has 0 radical (unpaired) electrons. The number of hydrogen-bond acceptors (Lipinski definition) is 6. The molecule has 0 unspecified atom stereocenters. The molecule has 2 aromatic carbocycles. The van der Waals surface area contributed by atoms with Crippen LogP contribution in [0.25, 0.3) is 0 Å². The highest BCUT2D eigenvalue weighted by molar-refractivity contribution is 5.78. The van der Waals surface area contributed by atoms with E-state index in [-0.39, 0.29) is 17.2 Å². The molecule has 34 heavy (non-hydrogen) atoms. The number of phenols is 1. The van der Waals surface area contributed by atoms with Crippen LogP contribution >= 0.6 is 0 Å². The van der Waals surface area contributed by atoms with Crippen molar-refractivity contribution in [1.82, 2.24) is 15.6 Å². The lowest BCUT2D eigenvalue weighted by molar-refractivity contribution is -0.120. The van der Waals surface area contributed by atoms with E-state index in [1.165, 1.54) is 0 Å². The maximum atomic E-state index is 12.4. The van der Waals surface area contributed by atoms with E-state index >= 15 is 0 Å². The van der Waals surface area contributed by atoms with Crippen molar-refractivity contribution in [3.8, 4) is 5.75 Å². The van der Waals surface area contributed by atoms with E-state index in [2.05, 4.69) is 29.5 Å². The van der Waals surface area contributed by atoms with Gasteiger partial charge in [0, 0.05) is 30.4 Å². The normalized spacial score (nSPS) is 12.3. The summed E-state index contributed by atoms with van der Waals surface area (Å²) in [5.74, 6) is 0.622. The number of para-hydroxylation sites is 1. The Kier molecular flexibility index (Phi) is 8.62. The topological polar surface area (TPSA) is 120 Å². The number of hydrogen-bond donors (Lipinski definition) is 5. The van der Waals surface area contributed by atoms with E-state index in [0.29, 0.717) is 37.3 Å². The summed E-state index contributed by atoms with van der Waals surface area (Å²) in [4.78, 5) is 16.4. The van der Waals surface area contributed by atoms with Crippen LogP contribution in [0.4, 0.5) is 5.82 Å². The minimum absolute atomic E-state index is 0.0508. The van der Waals surface area contributed by atoms with Crippen LogP contribution in [-0.2, 0) is 24.1 Å². The molecule has 3 aromatic rings. The van der Waals surface area contributed by atoms with Gasteiger partial charge in [-0.2, -0.15) is 0 Å². The van der Waals surface area contributed by atoms with Crippen molar-refractivity contribution >= 4 is 11.7 Å². The Balaban J connectivity index is 1.48. The number of aliphatic hydroxyl groups is 1. The van der Waals surface area contributed by atoms with Gasteiger partial charge in [-0.25, -0.2) is 4.98 Å². The fourth-order valence-corrected chi connectivity index (χ4v) is 3.83. The molecule has 0 aliphatic rings. The molecule has 0 aliphatic carbocycles. The molecule has 1 heterocycles. The summed E-state index contributed by atoms with van der Waals surface area (Å²) in [5.41, 5.74) is 8.94. The second kappa shape index (κ2) is 11.6. The van der Waals surface area contributed by atoms with Crippen molar-refractivity contribution in [3.05, 3.63) is 89.1 Å². The van der Waals surface area contributed by atoms with Crippen LogP contribution in [0.15, 0.2) is 66.9 Å². The molecule has 0 bridgehead atoms. The first-order valence-electron chi connectivity index (χ1n) is 11.5. The lowest BCUT2D eigenvalue weighted by atomic mass is 9.93. The van der Waals surface area contributed by atoms with Gasteiger partial charge >= 0.3 is 0 Å². The monoisotopic (exact) mass is 462 g/mol. The summed E-state index contributed by atoms with van der Waals surface area (Å²) < 4.78 is 0. The lowest BCUT2D eigenvalue weighted by Crippen LogP contribution is -2.43. The molecular formula is C27H34N4O3. The third-order valence-electron chi connectivity index (χ3n) is 5.68. The van der Waals surface area contributed by atoms with Crippen LogP contribution in [0.3, 0.4) is 0 Å². The number of aromatic nitrogens is 1. The summed E-state index contributed by atoms with van der Waals surface area (Å²) in [7, 11) is 0. The molecule has 0 spiro atoms. The number of pyridine rings is 1. The standard InChI is InChI=1S/C27H34N4O3/c1-27(2,31-18-24(33)22-10-11-25(28)30-17-22)16-20-7-5-6-19(14-20)15-26(34)29-13-12-21-8-3-4-9-23(21)32/h3-11,14,17,24,31-33H,12-13,15-16,18H2,1-2H3,(H2,28,30)(H,29,34)/t24-/m1/s1. The third-order valence-corrected chi connectivity index (χ3v) is 5.68. The molecule has 0 fully saturated rings. The summed E-state index contributed by atoms with van der Waals surface area (Å²) >= 11 is 0. The largest absolute Gasteiger partial charge is 0.508 e. The molecule has 0 saturated heterocycles. The number of nitrogens with one attached hydrogen (secondary N) is 2. The molecule has 180 valence electrons. The third kappa shape index (κ3) is 7.86. The van der Waals surface area contributed by atoms with Gasteiger partial charge in [0.1, 0.15) is 11.6 Å². The Morgan fingerprint density at radius 1 is 1.09 bits per heavy atom. The van der Waals surface area contributed by atoms with E-state index < -0.39 is 6.10 Å². The molecule has 0 aliphatic heterocycles. The van der Waals surface area contributed by atoms with Crippen LogP contribution in [0, 0.1) is 0 Å². The number of carbonyl (C=O) groups is 1. The van der Waals surface area contributed by atoms with Crippen LogP contribution in [0.5, 0.6) is 5.75 Å². The van der Waals surface area contributed by atoms with Gasteiger partial charge in [0.2, 0.25) is 5.91 Å². The number of aromatic hydroxyl groups is 1. The fraction of sp³-hybridized carbons (Fsp3) is 0.333. The Morgan fingerprint density at radius 3 is 2.59 bits per heavy atom. The van der Waals surface area contributed by atoms with E-state index in [1.807, 2.05) is 36.4 Å². The highest BCUT2D eigenvalue weighted by Gasteiger charge is 2.20. The number of nitrogens with zero attached hydrogens (tertiary/aromatic N) is 1. The van der Waals surface area contributed by atoms with Crippen molar-refractivity contribution < 1.29 is 15.0 Å². The number of phenolic OH excluding ortho intramolecular Hbond substituents is 1. The SMILES string of the molecule is CC(C)(Cc1cccc(CC(=O)NCCc2ccccc2O)c1)NC[C@@H](O)c1ccc(N)nc1. The number of carbonyl (C=O) groups excluding carboxylic acids is 1. The zero-order valence-electron chi connectivity index (χ0n) is 19.8. The van der Waals surface area contributed by atoms with E-state index in [9.17, 15) is 15.0 Å². The van der Waals surface area contributed by atoms with Crippen LogP contribution in [0.1, 0.15) is 42.2 Å². The quantitative estimate of drug-likeness (QED) is 0.299. The van der Waals surface area contributed by atoms with Crippen LogP contribution in [0.2, 0.25) is 0 Å². The van der Waals surface area contributed by atoms with Gasteiger partial charge in [-0.15, -0.1) is 0 Å². The minimum Gasteiger partial charge on any atom is -0.508 e. The summed E-state index contributed by atoms with van der Waals surface area (Å²) in [6.45, 7) is 5.02. The van der Waals surface area contributed by atoms with Gasteiger partial charge in [0.15, 0.2) is 0 Å². The highest BCUT2D eigenvalue weighted by Crippen LogP contribution is 2.18. The average Bonchev–Trinajstić information content (AvgIpc) is 2.79. The first-order chi connectivity index (χ1) is 16.2. The predicted molar refractivity (Wildman–Crippen MR) is 134 cm³/mol. The molecule has 7 heteroatoms. The van der Waals surface area contributed by atoms with Gasteiger partial charge in [-0.05, 0) is 55.5 Å². The van der Waals surface area contributed by atoms with Gasteiger partial charge in [-0.1, -0.05) is 48.5 Å². The van der Waals surface area contributed by atoms with Gasteiger partial charge in [0.05, 0.1) is 12.5 Å². The highest BCUT2D eigenvalue weighted by atomic mass is 16.3. The Hall–Kier alpha value is -3.42. The predicted octanol–water partition coefficient (Wildman–Crippen LogP) is 2.92. The molecule has 1 amide bonds. The molecule has 0 saturated carbocycles. The van der Waals surface area contributed by atoms with Crippen molar-refractivity contribution in [2.45, 2.75) is 44.8 Å². The van der Waals surface area contributed by atoms with Gasteiger partial charge < -0.3 is 26.6 Å². The molecule has 6 N–H and O–H groups in total. The Labute approximate surface area is 201 Å². The maximum Gasteiger partial charge on any atom is 0.224 e. The number of aliphatic hydroxyl groups excluding tert-OH is 1. The second-order valence-electron chi connectivity index (χ2n) is 9.20. The van der Waals surface area contributed by atoms with Crippen molar-refractivity contribution in [2.75, 3.05) is 18.8 Å². The fourth-order valence-electron chi connectivity index (χ4n) is 3.83. The number of nitrogen functional groups attached to an aromatic ring is 1. The summed E-state index contributed by atoms with van der Waals surface area (Å²) in [6.07, 6.45) is 2.52. The Morgan fingerprint density at radius 2 is 1.85 bits per heavy atom. The molecule has 7 nitrogen and oxygen atoms in total.